The lowest BCUT2D eigenvalue weighted by Crippen LogP contribution is -2.42. The Bertz CT molecular complexity index is 600. The van der Waals surface area contributed by atoms with E-state index in [1.165, 1.54) is 0 Å². The van der Waals surface area contributed by atoms with Crippen LogP contribution in [-0.2, 0) is 27.4 Å². The van der Waals surface area contributed by atoms with E-state index in [-0.39, 0.29) is 24.2 Å². The zero-order valence-electron chi connectivity index (χ0n) is 12.3. The Morgan fingerprint density at radius 1 is 1.50 bits per heavy atom. The van der Waals surface area contributed by atoms with Gasteiger partial charge >= 0.3 is 5.97 Å². The predicted molar refractivity (Wildman–Crippen MR) is 80.2 cm³/mol. The zero-order valence-corrected chi connectivity index (χ0v) is 13.2. The first kappa shape index (κ1) is 14.1. The van der Waals surface area contributed by atoms with Crippen molar-refractivity contribution >= 4 is 23.6 Å². The van der Waals surface area contributed by atoms with Crippen molar-refractivity contribution in [2.45, 2.75) is 56.0 Å². The predicted octanol–water partition coefficient (Wildman–Crippen LogP) is 1.48. The monoisotopic (exact) mass is 321 g/mol. The smallest absolute Gasteiger partial charge is 0.307 e. The number of amides is 1. The third-order valence-corrected chi connectivity index (χ3v) is 5.86. The summed E-state index contributed by atoms with van der Waals surface area (Å²) in [4.78, 5) is 28.7. The number of hydrogen-bond acceptors (Lipinski definition) is 5. The number of hydrogen-bond donors (Lipinski definition) is 1. The molecule has 1 saturated heterocycles. The highest BCUT2D eigenvalue weighted by Gasteiger charge is 2.53. The van der Waals surface area contributed by atoms with Gasteiger partial charge in [-0.05, 0) is 25.7 Å². The van der Waals surface area contributed by atoms with Crippen LogP contribution in [0.1, 0.15) is 37.8 Å². The first-order valence-corrected chi connectivity index (χ1v) is 8.83. The summed E-state index contributed by atoms with van der Waals surface area (Å²) in [5, 5.41) is 3.97. The normalized spacial score (nSPS) is 25.5. The van der Waals surface area contributed by atoms with Crippen molar-refractivity contribution in [1.29, 1.82) is 0 Å². The Balaban J connectivity index is 1.41. The van der Waals surface area contributed by atoms with Crippen LogP contribution in [0.25, 0.3) is 0 Å². The van der Waals surface area contributed by atoms with Gasteiger partial charge in [-0.15, -0.1) is 0 Å². The number of nitrogens with one attached hydrogen (secondary N) is 1. The number of rotatable bonds is 3. The molecule has 7 heteroatoms. The largest absolute Gasteiger partial charge is 0.458 e. The Morgan fingerprint density at radius 2 is 2.32 bits per heavy atom. The van der Waals surface area contributed by atoms with E-state index < -0.39 is 5.60 Å². The molecule has 1 atom stereocenters. The first-order chi connectivity index (χ1) is 10.7. The van der Waals surface area contributed by atoms with Crippen molar-refractivity contribution in [3.63, 3.8) is 0 Å². The summed E-state index contributed by atoms with van der Waals surface area (Å²) >= 11 is 1.74. The third-order valence-electron chi connectivity index (χ3n) is 4.89. The van der Waals surface area contributed by atoms with E-state index in [0.29, 0.717) is 6.54 Å². The van der Waals surface area contributed by atoms with Crippen LogP contribution in [0.4, 0.5) is 0 Å². The van der Waals surface area contributed by atoms with E-state index in [1.807, 2.05) is 6.20 Å². The summed E-state index contributed by atoms with van der Waals surface area (Å²) < 4.78 is 7.64. The molecule has 2 aliphatic heterocycles. The molecule has 1 amide bonds. The number of nitrogens with zero attached hydrogens (tertiary/aromatic N) is 2. The van der Waals surface area contributed by atoms with Crippen molar-refractivity contribution in [2.75, 3.05) is 5.75 Å². The SMILES string of the molecule is O=C1CC(C(=O)NCc2cn3c(n2)SCC3)C2(CCCC2)O1. The van der Waals surface area contributed by atoms with Crippen LogP contribution in [0.3, 0.4) is 0 Å². The van der Waals surface area contributed by atoms with Crippen LogP contribution in [0, 0.1) is 5.92 Å². The molecule has 1 aromatic heterocycles. The molecule has 1 N–H and O–H groups in total. The summed E-state index contributed by atoms with van der Waals surface area (Å²) in [6.07, 6.45) is 5.89. The number of carbonyl (C=O) groups excluding carboxylic acids is 2. The van der Waals surface area contributed by atoms with E-state index in [1.54, 1.807) is 11.8 Å². The average molecular weight is 321 g/mol. The van der Waals surface area contributed by atoms with Crippen LogP contribution in [0.2, 0.25) is 0 Å². The van der Waals surface area contributed by atoms with Gasteiger partial charge in [0.2, 0.25) is 5.91 Å². The molecule has 22 heavy (non-hydrogen) atoms. The molecule has 2 fully saturated rings. The van der Waals surface area contributed by atoms with Crippen LogP contribution >= 0.6 is 11.8 Å². The van der Waals surface area contributed by atoms with E-state index in [4.69, 9.17) is 4.74 Å². The molecule has 1 aromatic rings. The molecular formula is C15H19N3O3S. The molecule has 1 aliphatic carbocycles. The fraction of sp³-hybridized carbons (Fsp3) is 0.667. The Labute approximate surface area is 133 Å². The second kappa shape index (κ2) is 5.30. The lowest BCUT2D eigenvalue weighted by atomic mass is 9.85. The number of carbonyl (C=O) groups is 2. The van der Waals surface area contributed by atoms with Gasteiger partial charge in [-0.25, -0.2) is 4.98 Å². The molecule has 0 radical (unpaired) electrons. The minimum atomic E-state index is -0.535. The zero-order chi connectivity index (χ0) is 15.2. The fourth-order valence-electron chi connectivity index (χ4n) is 3.80. The van der Waals surface area contributed by atoms with Crippen LogP contribution in [0.5, 0.6) is 0 Å². The Hall–Kier alpha value is -1.50. The van der Waals surface area contributed by atoms with E-state index in [2.05, 4.69) is 14.9 Å². The van der Waals surface area contributed by atoms with Gasteiger partial charge in [-0.2, -0.15) is 0 Å². The summed E-state index contributed by atoms with van der Waals surface area (Å²) in [6.45, 7) is 1.40. The highest BCUT2D eigenvalue weighted by molar-refractivity contribution is 7.99. The highest BCUT2D eigenvalue weighted by atomic mass is 32.2. The summed E-state index contributed by atoms with van der Waals surface area (Å²) in [5.41, 5.74) is 0.341. The van der Waals surface area contributed by atoms with Crippen LogP contribution in [-0.4, -0.2) is 32.8 Å². The molecular weight excluding hydrogens is 302 g/mol. The number of fused-ring (bicyclic) bond motifs is 1. The Morgan fingerprint density at radius 3 is 3.09 bits per heavy atom. The summed E-state index contributed by atoms with van der Waals surface area (Å²) in [6, 6.07) is 0. The molecule has 1 spiro atoms. The van der Waals surface area contributed by atoms with Gasteiger partial charge < -0.3 is 14.6 Å². The number of imidazole rings is 1. The number of aromatic nitrogens is 2. The summed E-state index contributed by atoms with van der Waals surface area (Å²) in [7, 11) is 0. The van der Waals surface area contributed by atoms with Gasteiger partial charge in [0.1, 0.15) is 5.60 Å². The van der Waals surface area contributed by atoms with Gasteiger partial charge in [0.25, 0.3) is 0 Å². The molecule has 1 saturated carbocycles. The molecule has 0 bridgehead atoms. The second-order valence-electron chi connectivity index (χ2n) is 6.28. The minimum Gasteiger partial charge on any atom is -0.458 e. The maximum atomic E-state index is 12.5. The quantitative estimate of drug-likeness (QED) is 0.854. The molecule has 3 aliphatic rings. The summed E-state index contributed by atoms with van der Waals surface area (Å²) in [5.74, 6) is 0.415. The van der Waals surface area contributed by atoms with Crippen LogP contribution < -0.4 is 5.32 Å². The van der Waals surface area contributed by atoms with Gasteiger partial charge in [0.15, 0.2) is 5.16 Å². The molecule has 4 rings (SSSR count). The van der Waals surface area contributed by atoms with Gasteiger partial charge in [0, 0.05) is 18.5 Å². The van der Waals surface area contributed by atoms with Crippen molar-refractivity contribution in [2.24, 2.45) is 5.92 Å². The third kappa shape index (κ3) is 2.31. The van der Waals surface area contributed by atoms with E-state index >= 15 is 0 Å². The standard InChI is InChI=1S/C15H19N3O3S/c19-12-7-11(15(21-12)3-1-2-4-15)13(20)16-8-10-9-18-5-6-22-14(18)17-10/h9,11H,1-8H2,(H,16,20). The fourth-order valence-corrected chi connectivity index (χ4v) is 4.76. The maximum absolute atomic E-state index is 12.5. The number of esters is 1. The average Bonchev–Trinajstić information content (AvgIpc) is 3.21. The number of thioether (sulfide) groups is 1. The van der Waals surface area contributed by atoms with Crippen molar-refractivity contribution in [3.05, 3.63) is 11.9 Å². The molecule has 118 valence electrons. The van der Waals surface area contributed by atoms with Crippen molar-refractivity contribution in [3.8, 4) is 0 Å². The second-order valence-corrected chi connectivity index (χ2v) is 7.34. The minimum absolute atomic E-state index is 0.0754. The van der Waals surface area contributed by atoms with E-state index in [9.17, 15) is 9.59 Å². The topological polar surface area (TPSA) is 73.2 Å². The maximum Gasteiger partial charge on any atom is 0.307 e. The van der Waals surface area contributed by atoms with Crippen molar-refractivity contribution in [1.82, 2.24) is 14.9 Å². The lowest BCUT2D eigenvalue weighted by Gasteiger charge is -2.27. The van der Waals surface area contributed by atoms with Gasteiger partial charge in [-0.1, -0.05) is 11.8 Å². The molecule has 6 nitrogen and oxygen atoms in total. The van der Waals surface area contributed by atoms with Gasteiger partial charge in [-0.3, -0.25) is 9.59 Å². The number of ether oxygens (including phenoxy) is 1. The van der Waals surface area contributed by atoms with Crippen LogP contribution in [0.15, 0.2) is 11.4 Å². The highest BCUT2D eigenvalue weighted by Crippen LogP contribution is 2.45. The van der Waals surface area contributed by atoms with Gasteiger partial charge in [0.05, 0.1) is 24.6 Å². The molecule has 0 aromatic carbocycles. The number of aryl methyl sites for hydroxylation is 1. The Kier molecular flexibility index (Phi) is 3.40. The lowest BCUT2D eigenvalue weighted by molar-refractivity contribution is -0.149. The molecule has 3 heterocycles. The first-order valence-electron chi connectivity index (χ1n) is 7.85. The molecule has 1 unspecified atom stereocenters. The van der Waals surface area contributed by atoms with E-state index in [0.717, 1.165) is 48.8 Å². The van der Waals surface area contributed by atoms with Crippen molar-refractivity contribution < 1.29 is 14.3 Å².